The van der Waals surface area contributed by atoms with Gasteiger partial charge in [-0.3, -0.25) is 10.3 Å². The molecule has 0 aromatic heterocycles. The van der Waals surface area contributed by atoms with Crippen molar-refractivity contribution in [3.63, 3.8) is 0 Å². The SMILES string of the molecule is CN=C(NCCCOCCOC)NCCc1ccc(NC(=O)OC(C)(C)C)cc1.I. The molecule has 1 rings (SSSR count). The van der Waals surface area contributed by atoms with E-state index < -0.39 is 11.7 Å². The maximum absolute atomic E-state index is 11.8. The maximum Gasteiger partial charge on any atom is 0.412 e. The highest BCUT2D eigenvalue weighted by atomic mass is 127. The van der Waals surface area contributed by atoms with Crippen LogP contribution in [0.25, 0.3) is 0 Å². The number of guanidine groups is 1. The molecular weight excluding hydrogens is 499 g/mol. The molecule has 0 saturated heterocycles. The molecule has 0 aliphatic rings. The molecule has 0 spiro atoms. The second kappa shape index (κ2) is 16.1. The molecule has 0 heterocycles. The van der Waals surface area contributed by atoms with E-state index in [9.17, 15) is 4.79 Å². The minimum Gasteiger partial charge on any atom is -0.444 e. The number of rotatable bonds is 11. The van der Waals surface area contributed by atoms with Gasteiger partial charge < -0.3 is 24.8 Å². The van der Waals surface area contributed by atoms with E-state index >= 15 is 0 Å². The van der Waals surface area contributed by atoms with Gasteiger partial charge in [0.2, 0.25) is 0 Å². The lowest BCUT2D eigenvalue weighted by molar-refractivity contribution is 0.0636. The van der Waals surface area contributed by atoms with Gasteiger partial charge in [-0.1, -0.05) is 12.1 Å². The molecule has 0 bridgehead atoms. The zero-order valence-corrected chi connectivity index (χ0v) is 21.1. The molecule has 0 radical (unpaired) electrons. The Hall–Kier alpha value is -1.59. The van der Waals surface area contributed by atoms with Crippen molar-refractivity contribution in [2.45, 2.75) is 39.2 Å². The first-order chi connectivity index (χ1) is 13.8. The van der Waals surface area contributed by atoms with E-state index in [1.165, 1.54) is 0 Å². The third kappa shape index (κ3) is 14.4. The molecule has 0 unspecified atom stereocenters. The number of hydrogen-bond acceptors (Lipinski definition) is 5. The smallest absolute Gasteiger partial charge is 0.412 e. The number of aliphatic imine (C=N–C) groups is 1. The number of anilines is 1. The van der Waals surface area contributed by atoms with Gasteiger partial charge in [0.25, 0.3) is 0 Å². The zero-order chi connectivity index (χ0) is 21.5. The van der Waals surface area contributed by atoms with Crippen LogP contribution in [0, 0.1) is 0 Å². The highest BCUT2D eigenvalue weighted by Crippen LogP contribution is 2.13. The Morgan fingerprint density at radius 3 is 2.30 bits per heavy atom. The first kappa shape index (κ1) is 28.4. The number of carbonyl (C=O) groups excluding carboxylic acids is 1. The van der Waals surface area contributed by atoms with E-state index in [4.69, 9.17) is 14.2 Å². The van der Waals surface area contributed by atoms with Crippen molar-refractivity contribution in [3.05, 3.63) is 29.8 Å². The minimum atomic E-state index is -0.515. The Balaban J connectivity index is 0.00000841. The quantitative estimate of drug-likeness (QED) is 0.174. The summed E-state index contributed by atoms with van der Waals surface area (Å²) in [5, 5.41) is 9.28. The number of carbonyl (C=O) groups is 1. The Kier molecular flexibility index (Phi) is 15.3. The summed E-state index contributed by atoms with van der Waals surface area (Å²) in [5.41, 5.74) is 1.36. The topological polar surface area (TPSA) is 93.2 Å². The number of ether oxygens (including phenoxy) is 3. The van der Waals surface area contributed by atoms with Crippen LogP contribution in [0.15, 0.2) is 29.3 Å². The fourth-order valence-electron chi connectivity index (χ4n) is 2.35. The van der Waals surface area contributed by atoms with E-state index in [0.29, 0.717) is 25.5 Å². The normalized spacial score (nSPS) is 11.4. The Labute approximate surface area is 197 Å². The van der Waals surface area contributed by atoms with E-state index in [-0.39, 0.29) is 24.0 Å². The number of nitrogens with zero attached hydrogens (tertiary/aromatic N) is 1. The van der Waals surface area contributed by atoms with Gasteiger partial charge in [-0.25, -0.2) is 4.79 Å². The van der Waals surface area contributed by atoms with Gasteiger partial charge in [0.05, 0.1) is 13.2 Å². The molecule has 1 aromatic carbocycles. The molecular formula is C21H37IN4O4. The summed E-state index contributed by atoms with van der Waals surface area (Å²) in [7, 11) is 3.41. The molecule has 0 saturated carbocycles. The highest BCUT2D eigenvalue weighted by Gasteiger charge is 2.16. The van der Waals surface area contributed by atoms with Crippen molar-refractivity contribution >= 4 is 41.7 Å². The molecule has 0 fully saturated rings. The van der Waals surface area contributed by atoms with Crippen molar-refractivity contribution in [3.8, 4) is 0 Å². The van der Waals surface area contributed by atoms with Crippen LogP contribution in [0.1, 0.15) is 32.8 Å². The predicted molar refractivity (Wildman–Crippen MR) is 132 cm³/mol. The van der Waals surface area contributed by atoms with Gasteiger partial charge in [-0.2, -0.15) is 0 Å². The number of amides is 1. The lowest BCUT2D eigenvalue weighted by Gasteiger charge is -2.19. The highest BCUT2D eigenvalue weighted by molar-refractivity contribution is 14.0. The first-order valence-electron chi connectivity index (χ1n) is 9.94. The van der Waals surface area contributed by atoms with Crippen LogP contribution in [0.3, 0.4) is 0 Å². The molecule has 1 amide bonds. The average Bonchev–Trinajstić information content (AvgIpc) is 2.65. The van der Waals surface area contributed by atoms with E-state index in [1.54, 1.807) is 14.2 Å². The lowest BCUT2D eigenvalue weighted by Crippen LogP contribution is -2.39. The molecule has 3 N–H and O–H groups in total. The number of methoxy groups -OCH3 is 1. The number of halogens is 1. The summed E-state index contributed by atoms with van der Waals surface area (Å²) in [6.45, 7) is 8.98. The van der Waals surface area contributed by atoms with Gasteiger partial charge in [0.1, 0.15) is 5.60 Å². The second-order valence-corrected chi connectivity index (χ2v) is 7.46. The molecule has 172 valence electrons. The summed E-state index contributed by atoms with van der Waals surface area (Å²) in [4.78, 5) is 16.0. The third-order valence-corrected chi connectivity index (χ3v) is 3.72. The average molecular weight is 536 g/mol. The van der Waals surface area contributed by atoms with Crippen LogP contribution < -0.4 is 16.0 Å². The number of benzene rings is 1. The number of nitrogens with one attached hydrogen (secondary N) is 3. The van der Waals surface area contributed by atoms with Crippen LogP contribution in [-0.2, 0) is 20.6 Å². The summed E-state index contributed by atoms with van der Waals surface area (Å²) in [6, 6.07) is 7.72. The molecule has 0 atom stereocenters. The molecule has 0 aliphatic carbocycles. The lowest BCUT2D eigenvalue weighted by atomic mass is 10.1. The molecule has 8 nitrogen and oxygen atoms in total. The summed E-state index contributed by atoms with van der Waals surface area (Å²) < 4.78 is 15.6. The van der Waals surface area contributed by atoms with E-state index in [1.807, 2.05) is 45.0 Å². The molecule has 1 aromatic rings. The Bertz CT molecular complexity index is 618. The van der Waals surface area contributed by atoms with Crippen molar-refractivity contribution < 1.29 is 19.0 Å². The van der Waals surface area contributed by atoms with Gasteiger partial charge in [0, 0.05) is 39.5 Å². The van der Waals surface area contributed by atoms with E-state index in [2.05, 4.69) is 20.9 Å². The number of hydrogen-bond donors (Lipinski definition) is 3. The van der Waals surface area contributed by atoms with Crippen LogP contribution in [0.5, 0.6) is 0 Å². The third-order valence-electron chi connectivity index (χ3n) is 3.72. The summed E-state index contributed by atoms with van der Waals surface area (Å²) >= 11 is 0. The minimum absolute atomic E-state index is 0. The van der Waals surface area contributed by atoms with Gasteiger partial charge in [0.15, 0.2) is 5.96 Å². The molecule has 0 aliphatic heterocycles. The van der Waals surface area contributed by atoms with Crippen LogP contribution in [0.4, 0.5) is 10.5 Å². The van der Waals surface area contributed by atoms with Crippen LogP contribution >= 0.6 is 24.0 Å². The van der Waals surface area contributed by atoms with Crippen molar-refractivity contribution in [2.24, 2.45) is 4.99 Å². The monoisotopic (exact) mass is 536 g/mol. The van der Waals surface area contributed by atoms with Crippen LogP contribution in [0.2, 0.25) is 0 Å². The molecule has 30 heavy (non-hydrogen) atoms. The predicted octanol–water partition coefficient (Wildman–Crippen LogP) is 3.41. The zero-order valence-electron chi connectivity index (χ0n) is 18.7. The standard InChI is InChI=1S/C21H36N4O4.HI/c1-21(2,3)29-20(26)25-18-9-7-17(8-10-18)11-13-24-19(22-4)23-12-6-14-28-16-15-27-5;/h7-10H,6,11-16H2,1-5H3,(H,25,26)(H2,22,23,24);1H. The maximum atomic E-state index is 11.8. The van der Waals surface area contributed by atoms with Gasteiger partial charge in [-0.05, 0) is 51.3 Å². The largest absolute Gasteiger partial charge is 0.444 e. The second-order valence-electron chi connectivity index (χ2n) is 7.46. The summed E-state index contributed by atoms with van der Waals surface area (Å²) in [5.74, 6) is 0.769. The first-order valence-corrected chi connectivity index (χ1v) is 9.94. The van der Waals surface area contributed by atoms with E-state index in [0.717, 1.165) is 37.5 Å². The van der Waals surface area contributed by atoms with Crippen molar-refractivity contribution in [2.75, 3.05) is 52.4 Å². The van der Waals surface area contributed by atoms with Crippen LogP contribution in [-0.4, -0.2) is 64.7 Å². The Morgan fingerprint density at radius 2 is 1.70 bits per heavy atom. The summed E-state index contributed by atoms with van der Waals surface area (Å²) in [6.07, 6.45) is 1.29. The van der Waals surface area contributed by atoms with Gasteiger partial charge in [-0.15, -0.1) is 24.0 Å². The fraction of sp³-hybridized carbons (Fsp3) is 0.619. The van der Waals surface area contributed by atoms with Crippen molar-refractivity contribution in [1.82, 2.24) is 10.6 Å². The van der Waals surface area contributed by atoms with Gasteiger partial charge >= 0.3 is 6.09 Å². The fourth-order valence-corrected chi connectivity index (χ4v) is 2.35. The Morgan fingerprint density at radius 1 is 1.03 bits per heavy atom. The molecule has 9 heteroatoms. The van der Waals surface area contributed by atoms with Crippen molar-refractivity contribution in [1.29, 1.82) is 0 Å².